The van der Waals surface area contributed by atoms with Gasteiger partial charge in [0.15, 0.2) is 0 Å². The number of rotatable bonds is 15. The highest BCUT2D eigenvalue weighted by Crippen LogP contribution is 2.36. The molecule has 0 radical (unpaired) electrons. The van der Waals surface area contributed by atoms with E-state index in [0.717, 1.165) is 28.3 Å². The number of sulfonamides is 1. The Labute approximate surface area is 249 Å². The Morgan fingerprint density at radius 2 is 1.62 bits per heavy atom. The molecule has 2 amide bonds. The zero-order chi connectivity index (χ0) is 30.7. The fraction of sp³-hybridized carbons (Fsp3) is 0.375. The SMILES string of the molecule is CCCCNC(=O)[C@@H](CC)N(Cc1ccccc1C)C(=O)CN(c1cc(OC)ccc1OC)S(=O)(=O)c1ccccc1. The molecule has 0 spiro atoms. The van der Waals surface area contributed by atoms with Crippen LogP contribution in [-0.2, 0) is 26.2 Å². The molecule has 3 aromatic rings. The minimum Gasteiger partial charge on any atom is -0.497 e. The number of hydrogen-bond acceptors (Lipinski definition) is 6. The predicted octanol–water partition coefficient (Wildman–Crippen LogP) is 4.93. The van der Waals surface area contributed by atoms with Gasteiger partial charge >= 0.3 is 0 Å². The van der Waals surface area contributed by atoms with Crippen LogP contribution in [0.2, 0.25) is 0 Å². The molecule has 0 saturated heterocycles. The van der Waals surface area contributed by atoms with E-state index in [0.29, 0.717) is 18.7 Å². The van der Waals surface area contributed by atoms with Crippen molar-refractivity contribution >= 4 is 27.5 Å². The van der Waals surface area contributed by atoms with E-state index in [2.05, 4.69) is 5.32 Å². The third-order valence-electron chi connectivity index (χ3n) is 7.08. The van der Waals surface area contributed by atoms with E-state index in [1.165, 1.54) is 37.3 Å². The van der Waals surface area contributed by atoms with Crippen molar-refractivity contribution in [1.82, 2.24) is 10.2 Å². The van der Waals surface area contributed by atoms with E-state index in [1.54, 1.807) is 30.3 Å². The number of ether oxygens (including phenoxy) is 2. The number of methoxy groups -OCH3 is 2. The summed E-state index contributed by atoms with van der Waals surface area (Å²) in [5.41, 5.74) is 1.96. The van der Waals surface area contributed by atoms with E-state index in [1.807, 2.05) is 45.0 Å². The smallest absolute Gasteiger partial charge is 0.264 e. The Kier molecular flexibility index (Phi) is 11.8. The zero-order valence-corrected chi connectivity index (χ0v) is 25.8. The molecule has 1 atom stereocenters. The van der Waals surface area contributed by atoms with Crippen molar-refractivity contribution in [3.63, 3.8) is 0 Å². The Balaban J connectivity index is 2.12. The highest BCUT2D eigenvalue weighted by molar-refractivity contribution is 7.92. The van der Waals surface area contributed by atoms with Crippen molar-refractivity contribution in [1.29, 1.82) is 0 Å². The normalized spacial score (nSPS) is 11.8. The molecule has 0 heterocycles. The maximum atomic E-state index is 14.3. The van der Waals surface area contributed by atoms with Gasteiger partial charge in [0.05, 0.1) is 24.8 Å². The molecule has 3 aromatic carbocycles. The standard InChI is InChI=1S/C32H41N3O6S/c1-6-8-20-33-32(37)28(7-2)34(22-25-15-13-12-14-24(25)3)31(36)23-35(42(38,39)27-16-10-9-11-17-27)29-21-26(40-4)18-19-30(29)41-5/h9-19,21,28H,6-8,20,22-23H2,1-5H3,(H,33,37)/t28-/m1/s1. The number of aryl methyl sites for hydroxylation is 1. The second kappa shape index (κ2) is 15.3. The Hall–Kier alpha value is -4.05. The van der Waals surface area contributed by atoms with Crippen molar-refractivity contribution in [2.75, 3.05) is 31.6 Å². The van der Waals surface area contributed by atoms with Crippen LogP contribution in [0.15, 0.2) is 77.7 Å². The van der Waals surface area contributed by atoms with Gasteiger partial charge in [0, 0.05) is 19.2 Å². The summed E-state index contributed by atoms with van der Waals surface area (Å²) in [6, 6.07) is 19.5. The summed E-state index contributed by atoms with van der Waals surface area (Å²) in [6.45, 7) is 5.88. The molecule has 42 heavy (non-hydrogen) atoms. The van der Waals surface area contributed by atoms with Crippen LogP contribution in [0.5, 0.6) is 11.5 Å². The number of anilines is 1. The molecule has 1 N–H and O–H groups in total. The Bertz CT molecular complexity index is 1450. The molecule has 9 nitrogen and oxygen atoms in total. The summed E-state index contributed by atoms with van der Waals surface area (Å²) in [4.78, 5) is 29.1. The van der Waals surface area contributed by atoms with Gasteiger partial charge in [-0.3, -0.25) is 13.9 Å². The third-order valence-corrected chi connectivity index (χ3v) is 8.86. The van der Waals surface area contributed by atoms with Gasteiger partial charge in [-0.1, -0.05) is 62.7 Å². The summed E-state index contributed by atoms with van der Waals surface area (Å²) in [6.07, 6.45) is 2.08. The average Bonchev–Trinajstić information content (AvgIpc) is 3.00. The number of hydrogen-bond donors (Lipinski definition) is 1. The summed E-state index contributed by atoms with van der Waals surface area (Å²) in [5, 5.41) is 2.94. The van der Waals surface area contributed by atoms with E-state index in [9.17, 15) is 18.0 Å². The molecular weight excluding hydrogens is 554 g/mol. The molecule has 0 bridgehead atoms. The molecule has 0 aliphatic heterocycles. The van der Waals surface area contributed by atoms with Crippen molar-refractivity contribution < 1.29 is 27.5 Å². The largest absolute Gasteiger partial charge is 0.497 e. The first-order valence-corrected chi connectivity index (χ1v) is 15.5. The van der Waals surface area contributed by atoms with E-state index in [-0.39, 0.29) is 28.8 Å². The van der Waals surface area contributed by atoms with Crippen LogP contribution < -0.4 is 19.1 Å². The van der Waals surface area contributed by atoms with Crippen molar-refractivity contribution in [3.8, 4) is 11.5 Å². The lowest BCUT2D eigenvalue weighted by Crippen LogP contribution is -2.52. The van der Waals surface area contributed by atoms with Crippen LogP contribution in [0.4, 0.5) is 5.69 Å². The third kappa shape index (κ3) is 7.82. The number of amides is 2. The Morgan fingerprint density at radius 3 is 2.24 bits per heavy atom. The van der Waals surface area contributed by atoms with E-state index < -0.39 is 28.5 Å². The summed E-state index contributed by atoms with van der Waals surface area (Å²) in [7, 11) is -1.34. The maximum absolute atomic E-state index is 14.3. The second-order valence-electron chi connectivity index (χ2n) is 9.88. The van der Waals surface area contributed by atoms with Gasteiger partial charge in [-0.25, -0.2) is 8.42 Å². The first-order chi connectivity index (χ1) is 20.2. The van der Waals surface area contributed by atoms with E-state index in [4.69, 9.17) is 9.47 Å². The zero-order valence-electron chi connectivity index (χ0n) is 25.0. The van der Waals surface area contributed by atoms with Crippen LogP contribution in [0.3, 0.4) is 0 Å². The lowest BCUT2D eigenvalue weighted by molar-refractivity contribution is -0.140. The summed E-state index contributed by atoms with van der Waals surface area (Å²) >= 11 is 0. The fourth-order valence-electron chi connectivity index (χ4n) is 4.62. The fourth-order valence-corrected chi connectivity index (χ4v) is 6.06. The molecule has 3 rings (SSSR count). The van der Waals surface area contributed by atoms with Crippen LogP contribution in [-0.4, -0.2) is 58.5 Å². The predicted molar refractivity (Wildman–Crippen MR) is 164 cm³/mol. The number of nitrogens with zero attached hydrogens (tertiary/aromatic N) is 2. The quantitative estimate of drug-likeness (QED) is 0.250. The van der Waals surface area contributed by atoms with Gasteiger partial charge in [0.25, 0.3) is 10.0 Å². The molecule has 0 aromatic heterocycles. The lowest BCUT2D eigenvalue weighted by atomic mass is 10.1. The van der Waals surface area contributed by atoms with Gasteiger partial charge in [-0.2, -0.15) is 0 Å². The van der Waals surface area contributed by atoms with E-state index >= 15 is 0 Å². The van der Waals surface area contributed by atoms with Crippen LogP contribution in [0.25, 0.3) is 0 Å². The minimum absolute atomic E-state index is 0.0116. The van der Waals surface area contributed by atoms with Crippen molar-refractivity contribution in [2.24, 2.45) is 0 Å². The molecule has 0 fully saturated rings. The molecule has 0 aliphatic carbocycles. The minimum atomic E-state index is -4.24. The summed E-state index contributed by atoms with van der Waals surface area (Å²) in [5.74, 6) is -0.160. The van der Waals surface area contributed by atoms with Crippen molar-refractivity contribution in [2.45, 2.75) is 57.5 Å². The number of carbonyl (C=O) groups excluding carboxylic acids is 2. The first kappa shape index (κ1) is 32.5. The number of carbonyl (C=O) groups is 2. The molecular formula is C32H41N3O6S. The molecule has 0 unspecified atom stereocenters. The van der Waals surface area contributed by atoms with Gasteiger partial charge in [-0.15, -0.1) is 0 Å². The second-order valence-corrected chi connectivity index (χ2v) is 11.7. The maximum Gasteiger partial charge on any atom is 0.264 e. The monoisotopic (exact) mass is 595 g/mol. The van der Waals surface area contributed by atoms with Gasteiger partial charge < -0.3 is 19.7 Å². The lowest BCUT2D eigenvalue weighted by Gasteiger charge is -2.34. The molecule has 0 aliphatic rings. The molecule has 10 heteroatoms. The highest BCUT2D eigenvalue weighted by Gasteiger charge is 2.35. The average molecular weight is 596 g/mol. The van der Waals surface area contributed by atoms with Gasteiger partial charge in [-0.05, 0) is 55.2 Å². The van der Waals surface area contributed by atoms with Crippen LogP contribution in [0.1, 0.15) is 44.2 Å². The number of nitrogens with one attached hydrogen (secondary N) is 1. The Morgan fingerprint density at radius 1 is 0.929 bits per heavy atom. The topological polar surface area (TPSA) is 105 Å². The van der Waals surface area contributed by atoms with Crippen LogP contribution >= 0.6 is 0 Å². The van der Waals surface area contributed by atoms with Gasteiger partial charge in [0.2, 0.25) is 11.8 Å². The summed E-state index contributed by atoms with van der Waals surface area (Å²) < 4.78 is 40.1. The number of unbranched alkanes of at least 4 members (excludes halogenated alkanes) is 1. The highest BCUT2D eigenvalue weighted by atomic mass is 32.2. The number of benzene rings is 3. The van der Waals surface area contributed by atoms with Crippen molar-refractivity contribution in [3.05, 3.63) is 83.9 Å². The molecule has 226 valence electrons. The molecule has 0 saturated carbocycles. The van der Waals surface area contributed by atoms with Crippen LogP contribution in [0, 0.1) is 6.92 Å². The van der Waals surface area contributed by atoms with Gasteiger partial charge in [0.1, 0.15) is 24.1 Å². The first-order valence-electron chi connectivity index (χ1n) is 14.1.